The number of benzene rings is 2. The molecular formula is C24H30BrN3O4. The molecule has 0 radical (unpaired) electrons. The summed E-state index contributed by atoms with van der Waals surface area (Å²) < 4.78 is 11.9. The maximum Gasteiger partial charge on any atom is 0.240 e. The second kappa shape index (κ2) is 12.9. The number of methoxy groups -OCH3 is 1. The molecule has 0 fully saturated rings. The van der Waals surface area contributed by atoms with Crippen molar-refractivity contribution < 1.29 is 19.1 Å². The smallest absolute Gasteiger partial charge is 0.240 e. The summed E-state index contributed by atoms with van der Waals surface area (Å²) in [6, 6.07) is 9.45. The number of hydrogen-bond donors (Lipinski definition) is 2. The quantitative estimate of drug-likeness (QED) is 0.253. The van der Waals surface area contributed by atoms with Crippen molar-refractivity contribution in [1.29, 1.82) is 0 Å². The fourth-order valence-corrected chi connectivity index (χ4v) is 3.39. The minimum atomic E-state index is -0.345. The number of anilines is 1. The predicted molar refractivity (Wildman–Crippen MR) is 131 cm³/mol. The molecule has 0 atom stereocenters. The van der Waals surface area contributed by atoms with Crippen molar-refractivity contribution in [3.05, 3.63) is 51.5 Å². The molecule has 2 amide bonds. The van der Waals surface area contributed by atoms with Gasteiger partial charge < -0.3 is 14.8 Å². The summed E-state index contributed by atoms with van der Waals surface area (Å²) >= 11 is 3.49. The van der Waals surface area contributed by atoms with E-state index in [-0.39, 0.29) is 24.7 Å². The van der Waals surface area contributed by atoms with E-state index in [2.05, 4.69) is 38.7 Å². The molecule has 0 aliphatic rings. The summed E-state index contributed by atoms with van der Waals surface area (Å²) in [6.07, 6.45) is 3.60. The van der Waals surface area contributed by atoms with E-state index in [1.54, 1.807) is 13.2 Å². The Morgan fingerprint density at radius 1 is 1.12 bits per heavy atom. The molecule has 172 valence electrons. The molecule has 7 nitrogen and oxygen atoms in total. The van der Waals surface area contributed by atoms with Crippen molar-refractivity contribution >= 4 is 39.6 Å². The zero-order chi connectivity index (χ0) is 23.5. The molecule has 0 bridgehead atoms. The third kappa shape index (κ3) is 8.00. The van der Waals surface area contributed by atoms with Crippen LogP contribution in [-0.2, 0) is 9.59 Å². The van der Waals surface area contributed by atoms with Crippen molar-refractivity contribution in [3.63, 3.8) is 0 Å². The van der Waals surface area contributed by atoms with E-state index in [1.165, 1.54) is 6.21 Å². The van der Waals surface area contributed by atoms with Crippen LogP contribution in [0, 0.1) is 13.8 Å². The first-order valence-electron chi connectivity index (χ1n) is 10.5. The molecule has 0 saturated carbocycles. The highest BCUT2D eigenvalue weighted by Gasteiger charge is 2.12. The molecule has 0 aliphatic heterocycles. The predicted octanol–water partition coefficient (Wildman–Crippen LogP) is 5.12. The van der Waals surface area contributed by atoms with Gasteiger partial charge in [-0.2, -0.15) is 5.10 Å². The lowest BCUT2D eigenvalue weighted by Crippen LogP contribution is -2.21. The van der Waals surface area contributed by atoms with E-state index in [9.17, 15) is 9.59 Å². The van der Waals surface area contributed by atoms with Gasteiger partial charge in [-0.15, -0.1) is 0 Å². The highest BCUT2D eigenvalue weighted by atomic mass is 79.9. The Labute approximate surface area is 197 Å². The van der Waals surface area contributed by atoms with Gasteiger partial charge in [-0.3, -0.25) is 9.59 Å². The van der Waals surface area contributed by atoms with Gasteiger partial charge in [0.1, 0.15) is 0 Å². The van der Waals surface area contributed by atoms with Crippen LogP contribution in [0.15, 0.2) is 39.9 Å². The summed E-state index contributed by atoms with van der Waals surface area (Å²) in [4.78, 5) is 24.2. The van der Waals surface area contributed by atoms with E-state index in [4.69, 9.17) is 9.47 Å². The summed E-state index contributed by atoms with van der Waals surface area (Å²) in [5.41, 5.74) is 5.96. The Morgan fingerprint density at radius 3 is 2.59 bits per heavy atom. The van der Waals surface area contributed by atoms with E-state index >= 15 is 0 Å². The first-order chi connectivity index (χ1) is 15.3. The van der Waals surface area contributed by atoms with Crippen LogP contribution >= 0.6 is 15.9 Å². The molecule has 0 aromatic heterocycles. The number of halogens is 1. The number of rotatable bonds is 11. The third-order valence-electron chi connectivity index (χ3n) is 4.65. The number of ether oxygens (including phenoxy) is 2. The van der Waals surface area contributed by atoms with Crippen LogP contribution in [0.1, 0.15) is 49.3 Å². The minimum Gasteiger partial charge on any atom is -0.493 e. The highest BCUT2D eigenvalue weighted by Crippen LogP contribution is 2.36. The molecule has 0 unspecified atom stereocenters. The van der Waals surface area contributed by atoms with Crippen LogP contribution in [0.2, 0.25) is 0 Å². The monoisotopic (exact) mass is 503 g/mol. The van der Waals surface area contributed by atoms with Crippen molar-refractivity contribution in [2.24, 2.45) is 5.10 Å². The number of unbranched alkanes of at least 4 members (excludes halogenated alkanes) is 1. The highest BCUT2D eigenvalue weighted by molar-refractivity contribution is 9.10. The standard InChI is InChI=1S/C24H30BrN3O4/c1-5-6-11-32-24-19(25)13-18(14-21(24)31-4)15-26-28-23(30)10-9-22(29)27-20-12-16(2)7-8-17(20)3/h7-8,12-15H,5-6,9-11H2,1-4H3,(H,27,29)(H,28,30). The van der Waals surface area contributed by atoms with E-state index in [0.717, 1.165) is 39.7 Å². The van der Waals surface area contributed by atoms with Crippen LogP contribution in [0.3, 0.4) is 0 Å². The van der Waals surface area contributed by atoms with Crippen LogP contribution in [0.25, 0.3) is 0 Å². The number of carbonyl (C=O) groups excluding carboxylic acids is 2. The average molecular weight is 504 g/mol. The van der Waals surface area contributed by atoms with Gasteiger partial charge in [-0.05, 0) is 71.1 Å². The molecular weight excluding hydrogens is 474 g/mol. The Balaban J connectivity index is 1.86. The number of amides is 2. The second-order valence-electron chi connectivity index (χ2n) is 7.40. The van der Waals surface area contributed by atoms with Gasteiger partial charge in [-0.1, -0.05) is 25.5 Å². The van der Waals surface area contributed by atoms with Crippen LogP contribution in [0.4, 0.5) is 5.69 Å². The molecule has 2 aromatic carbocycles. The SMILES string of the molecule is CCCCOc1c(Br)cc(C=NNC(=O)CCC(=O)Nc2cc(C)ccc2C)cc1OC. The average Bonchev–Trinajstić information content (AvgIpc) is 2.76. The summed E-state index contributed by atoms with van der Waals surface area (Å²) in [5, 5.41) is 6.82. The number of nitrogens with one attached hydrogen (secondary N) is 2. The van der Waals surface area contributed by atoms with Crippen LogP contribution in [-0.4, -0.2) is 31.7 Å². The zero-order valence-corrected chi connectivity index (χ0v) is 20.5. The first kappa shape index (κ1) is 25.4. The largest absolute Gasteiger partial charge is 0.493 e. The van der Waals surface area contributed by atoms with Crippen molar-refractivity contribution in [1.82, 2.24) is 5.43 Å². The van der Waals surface area contributed by atoms with Gasteiger partial charge >= 0.3 is 0 Å². The summed E-state index contributed by atoms with van der Waals surface area (Å²) in [6.45, 7) is 6.59. The van der Waals surface area contributed by atoms with Crippen molar-refractivity contribution in [3.8, 4) is 11.5 Å². The number of carbonyl (C=O) groups is 2. The molecule has 2 aromatic rings. The van der Waals surface area contributed by atoms with Gasteiger partial charge in [0, 0.05) is 18.5 Å². The second-order valence-corrected chi connectivity index (χ2v) is 8.25. The van der Waals surface area contributed by atoms with Crippen LogP contribution in [0.5, 0.6) is 11.5 Å². The number of nitrogens with zero attached hydrogens (tertiary/aromatic N) is 1. The van der Waals surface area contributed by atoms with Crippen molar-refractivity contribution in [2.75, 3.05) is 19.0 Å². The number of aryl methyl sites for hydroxylation is 2. The Hall–Kier alpha value is -2.87. The van der Waals surface area contributed by atoms with Gasteiger partial charge in [0.2, 0.25) is 11.8 Å². The van der Waals surface area contributed by atoms with E-state index in [1.807, 2.05) is 38.1 Å². The third-order valence-corrected chi connectivity index (χ3v) is 5.23. The van der Waals surface area contributed by atoms with Gasteiger partial charge in [0.05, 0.1) is 24.4 Å². The minimum absolute atomic E-state index is 0.0330. The maximum atomic E-state index is 12.1. The normalized spacial score (nSPS) is 10.8. The molecule has 0 aliphatic carbocycles. The lowest BCUT2D eigenvalue weighted by Gasteiger charge is -2.13. The topological polar surface area (TPSA) is 89.0 Å². The summed E-state index contributed by atoms with van der Waals surface area (Å²) in [5.74, 6) is 0.649. The van der Waals surface area contributed by atoms with Crippen LogP contribution < -0.4 is 20.2 Å². The fraction of sp³-hybridized carbons (Fsp3) is 0.375. The van der Waals surface area contributed by atoms with Gasteiger partial charge in [0.15, 0.2) is 11.5 Å². The molecule has 0 saturated heterocycles. The van der Waals surface area contributed by atoms with E-state index < -0.39 is 0 Å². The molecule has 0 heterocycles. The van der Waals surface area contributed by atoms with Gasteiger partial charge in [0.25, 0.3) is 0 Å². The maximum absolute atomic E-state index is 12.1. The fourth-order valence-electron chi connectivity index (χ4n) is 2.82. The molecule has 32 heavy (non-hydrogen) atoms. The zero-order valence-electron chi connectivity index (χ0n) is 19.0. The Morgan fingerprint density at radius 2 is 1.88 bits per heavy atom. The lowest BCUT2D eigenvalue weighted by atomic mass is 10.1. The Bertz CT molecular complexity index is 976. The van der Waals surface area contributed by atoms with E-state index in [0.29, 0.717) is 18.1 Å². The molecule has 2 N–H and O–H groups in total. The first-order valence-corrected chi connectivity index (χ1v) is 11.3. The lowest BCUT2D eigenvalue weighted by molar-refractivity contribution is -0.124. The van der Waals surface area contributed by atoms with Gasteiger partial charge in [-0.25, -0.2) is 5.43 Å². The van der Waals surface area contributed by atoms with Crippen molar-refractivity contribution in [2.45, 2.75) is 46.5 Å². The molecule has 2 rings (SSSR count). The summed E-state index contributed by atoms with van der Waals surface area (Å²) in [7, 11) is 1.57. The number of hydrogen-bond acceptors (Lipinski definition) is 5. The molecule has 0 spiro atoms. The number of hydrazone groups is 1. The molecule has 8 heteroatoms. The Kier molecular flexibility index (Phi) is 10.2.